The maximum absolute atomic E-state index is 2.33. The molecule has 0 saturated heterocycles. The average Bonchev–Trinajstić information content (AvgIpc) is 2.83. The first-order valence-corrected chi connectivity index (χ1v) is 14.0. The summed E-state index contributed by atoms with van der Waals surface area (Å²) in [6.07, 6.45) is 4.90. The molecule has 30 heavy (non-hydrogen) atoms. The van der Waals surface area contributed by atoms with Gasteiger partial charge in [-0.2, -0.15) is 0 Å². The van der Waals surface area contributed by atoms with Crippen LogP contribution in [0.3, 0.4) is 0 Å². The smallest absolute Gasteiger partial charge is 0.00327 e. The van der Waals surface area contributed by atoms with Crippen molar-refractivity contribution in [1.29, 1.82) is 0 Å². The largest absolute Gasteiger partial charge is 0.0705 e. The first-order chi connectivity index (χ1) is 14.9. The van der Waals surface area contributed by atoms with Crippen molar-refractivity contribution in [3.63, 3.8) is 0 Å². The second-order valence-corrected chi connectivity index (χ2v) is 12.2. The topological polar surface area (TPSA) is 0 Å². The quantitative estimate of drug-likeness (QED) is 0.253. The van der Waals surface area contributed by atoms with Crippen molar-refractivity contribution in [3.8, 4) is 0 Å². The van der Waals surface area contributed by atoms with Crippen molar-refractivity contribution >= 4 is 26.5 Å². The van der Waals surface area contributed by atoms with E-state index in [4.69, 9.17) is 0 Å². The van der Waals surface area contributed by atoms with E-state index in [9.17, 15) is 0 Å². The zero-order valence-electron chi connectivity index (χ0n) is 17.3. The molecule has 0 bridgehead atoms. The summed E-state index contributed by atoms with van der Waals surface area (Å²) in [5.41, 5.74) is 2.92. The third-order valence-electron chi connectivity index (χ3n) is 5.32. The maximum Gasteiger partial charge on any atom is -0.00327 e. The minimum atomic E-state index is -0.213. The Balaban J connectivity index is 1.54. The standard InChI is InChI=1S/C28H28P2/c1-5-13-25(14-6-1)23-29(27-17-9-3-10-18-27)21-22-30(28-19-11-4-12-20-28)24-26-15-7-2-8-16-26/h1-20H,21-24H2/t29-,30-/m0/s1. The lowest BCUT2D eigenvalue weighted by atomic mass is 10.2. The molecular formula is C28H28P2. The molecule has 150 valence electrons. The van der Waals surface area contributed by atoms with Gasteiger partial charge in [0.15, 0.2) is 0 Å². The molecule has 0 heterocycles. The summed E-state index contributed by atoms with van der Waals surface area (Å²) in [7, 11) is -0.427. The molecule has 0 radical (unpaired) electrons. The van der Waals surface area contributed by atoms with E-state index in [0.717, 1.165) is 0 Å². The van der Waals surface area contributed by atoms with Crippen molar-refractivity contribution in [1.82, 2.24) is 0 Å². The molecule has 2 atom stereocenters. The van der Waals surface area contributed by atoms with Crippen LogP contribution < -0.4 is 10.6 Å². The molecule has 0 nitrogen and oxygen atoms in total. The van der Waals surface area contributed by atoms with E-state index in [1.54, 1.807) is 0 Å². The van der Waals surface area contributed by atoms with E-state index in [-0.39, 0.29) is 15.8 Å². The molecule has 2 heteroatoms. The fourth-order valence-corrected chi connectivity index (χ4v) is 9.35. The molecule has 4 aromatic carbocycles. The molecule has 0 aliphatic carbocycles. The SMILES string of the molecule is c1ccc(C[P@](CC[P@@](Cc2ccccc2)c2ccccc2)c2ccccc2)cc1. The van der Waals surface area contributed by atoms with Gasteiger partial charge in [0.1, 0.15) is 0 Å². The number of hydrogen-bond donors (Lipinski definition) is 0. The monoisotopic (exact) mass is 426 g/mol. The predicted octanol–water partition coefficient (Wildman–Crippen LogP) is 7.00. The zero-order valence-corrected chi connectivity index (χ0v) is 19.1. The van der Waals surface area contributed by atoms with Gasteiger partial charge in [-0.1, -0.05) is 137 Å². The maximum atomic E-state index is 2.33. The van der Waals surface area contributed by atoms with Crippen molar-refractivity contribution in [2.45, 2.75) is 12.3 Å². The van der Waals surface area contributed by atoms with Crippen molar-refractivity contribution in [2.24, 2.45) is 0 Å². The van der Waals surface area contributed by atoms with Gasteiger partial charge in [0.25, 0.3) is 0 Å². The molecule has 0 amide bonds. The highest BCUT2D eigenvalue weighted by Gasteiger charge is 2.17. The Morgan fingerprint density at radius 3 is 1.00 bits per heavy atom. The lowest BCUT2D eigenvalue weighted by Gasteiger charge is -2.23. The van der Waals surface area contributed by atoms with Gasteiger partial charge in [-0.25, -0.2) is 0 Å². The second-order valence-electron chi connectivity index (χ2n) is 7.49. The zero-order chi connectivity index (χ0) is 20.4. The highest BCUT2D eigenvalue weighted by atomic mass is 31.1. The van der Waals surface area contributed by atoms with Crippen molar-refractivity contribution in [3.05, 3.63) is 132 Å². The summed E-state index contributed by atoms with van der Waals surface area (Å²) in [5.74, 6) is 0. The third-order valence-corrected chi connectivity index (χ3v) is 10.7. The third kappa shape index (κ3) is 6.12. The van der Waals surface area contributed by atoms with Crippen LogP contribution in [0.5, 0.6) is 0 Å². The summed E-state index contributed by atoms with van der Waals surface area (Å²) in [5, 5.41) is 3.05. The van der Waals surface area contributed by atoms with E-state index in [2.05, 4.69) is 121 Å². The summed E-state index contributed by atoms with van der Waals surface area (Å²) >= 11 is 0. The summed E-state index contributed by atoms with van der Waals surface area (Å²) in [4.78, 5) is 0. The fourth-order valence-electron chi connectivity index (χ4n) is 3.73. The van der Waals surface area contributed by atoms with Crippen LogP contribution in [-0.4, -0.2) is 12.3 Å². The molecule has 4 rings (SSSR count). The molecule has 0 fully saturated rings. The minimum absolute atomic E-state index is 0.213. The number of rotatable bonds is 9. The van der Waals surface area contributed by atoms with Gasteiger partial charge in [-0.05, 0) is 46.4 Å². The van der Waals surface area contributed by atoms with Crippen LogP contribution in [0.4, 0.5) is 0 Å². The number of hydrogen-bond acceptors (Lipinski definition) is 0. The van der Waals surface area contributed by atoms with Crippen LogP contribution in [0, 0.1) is 0 Å². The Morgan fingerprint density at radius 1 is 0.367 bits per heavy atom. The summed E-state index contributed by atoms with van der Waals surface area (Å²) in [6.45, 7) is 0. The van der Waals surface area contributed by atoms with E-state index < -0.39 is 0 Å². The number of benzene rings is 4. The van der Waals surface area contributed by atoms with E-state index in [1.807, 2.05) is 0 Å². The Morgan fingerprint density at radius 2 is 0.667 bits per heavy atom. The van der Waals surface area contributed by atoms with Crippen LogP contribution >= 0.6 is 15.8 Å². The Hall–Kier alpha value is -2.26. The normalized spacial score (nSPS) is 12.9. The van der Waals surface area contributed by atoms with Crippen LogP contribution in [0.1, 0.15) is 11.1 Å². The Kier molecular flexibility index (Phi) is 7.85. The van der Waals surface area contributed by atoms with Crippen molar-refractivity contribution < 1.29 is 0 Å². The summed E-state index contributed by atoms with van der Waals surface area (Å²) < 4.78 is 0. The van der Waals surface area contributed by atoms with Gasteiger partial charge >= 0.3 is 0 Å². The van der Waals surface area contributed by atoms with Crippen LogP contribution in [-0.2, 0) is 12.3 Å². The van der Waals surface area contributed by atoms with Gasteiger partial charge in [0, 0.05) is 0 Å². The molecule has 0 saturated carbocycles. The van der Waals surface area contributed by atoms with E-state index in [1.165, 1.54) is 46.4 Å². The van der Waals surface area contributed by atoms with Gasteiger partial charge in [0.2, 0.25) is 0 Å². The molecule has 0 spiro atoms. The van der Waals surface area contributed by atoms with Crippen LogP contribution in [0.15, 0.2) is 121 Å². The predicted molar refractivity (Wildman–Crippen MR) is 136 cm³/mol. The molecular weight excluding hydrogens is 398 g/mol. The highest BCUT2D eigenvalue weighted by molar-refractivity contribution is 7.68. The molecule has 0 aromatic heterocycles. The lowest BCUT2D eigenvalue weighted by Crippen LogP contribution is -2.11. The van der Waals surface area contributed by atoms with Gasteiger partial charge in [-0.15, -0.1) is 0 Å². The summed E-state index contributed by atoms with van der Waals surface area (Å²) in [6, 6.07) is 44.4. The Bertz CT molecular complexity index is 901. The van der Waals surface area contributed by atoms with Gasteiger partial charge in [0.05, 0.1) is 0 Å². The molecule has 0 aliphatic rings. The fraction of sp³-hybridized carbons (Fsp3) is 0.143. The van der Waals surface area contributed by atoms with Crippen LogP contribution in [0.2, 0.25) is 0 Å². The highest BCUT2D eigenvalue weighted by Crippen LogP contribution is 2.45. The van der Waals surface area contributed by atoms with E-state index in [0.29, 0.717) is 0 Å². The minimum Gasteiger partial charge on any atom is -0.0705 e. The molecule has 4 aromatic rings. The first-order valence-electron chi connectivity index (χ1n) is 10.6. The first kappa shape index (κ1) is 21.0. The van der Waals surface area contributed by atoms with Crippen LogP contribution in [0.25, 0.3) is 0 Å². The van der Waals surface area contributed by atoms with Gasteiger partial charge < -0.3 is 0 Å². The second kappa shape index (κ2) is 11.2. The average molecular weight is 426 g/mol. The Labute approximate surface area is 183 Å². The van der Waals surface area contributed by atoms with E-state index >= 15 is 0 Å². The lowest BCUT2D eigenvalue weighted by molar-refractivity contribution is 1.34. The van der Waals surface area contributed by atoms with Gasteiger partial charge in [-0.3, -0.25) is 0 Å². The van der Waals surface area contributed by atoms with Crippen molar-refractivity contribution in [2.75, 3.05) is 12.3 Å². The molecule has 0 unspecified atom stereocenters. The molecule has 0 aliphatic heterocycles. The molecule has 0 N–H and O–H groups in total.